The van der Waals surface area contributed by atoms with E-state index in [0.717, 1.165) is 0 Å². The molecule has 14 heavy (non-hydrogen) atoms. The lowest BCUT2D eigenvalue weighted by atomic mass is 9.89. The molecular weight excluding hydrogens is 190 g/mol. The summed E-state index contributed by atoms with van der Waals surface area (Å²) in [6.07, 6.45) is -0.159. The monoisotopic (exact) mass is 208 g/mol. The normalized spacial score (nSPS) is 12.7. The number of hydrogen-bond donors (Lipinski definition) is 0. The molecule has 0 spiro atoms. The summed E-state index contributed by atoms with van der Waals surface area (Å²) >= 11 is 0. The Kier molecular flexibility index (Phi) is 4.49. The van der Waals surface area contributed by atoms with E-state index >= 15 is 0 Å². The molecule has 0 saturated heterocycles. The van der Waals surface area contributed by atoms with E-state index in [0.29, 0.717) is 6.42 Å². The SMILES string of the molecule is CCOC(=O)C(F)(F)CCC(C)(C)C. The first-order valence-electron chi connectivity index (χ1n) is 4.74. The van der Waals surface area contributed by atoms with Crippen molar-refractivity contribution in [3.05, 3.63) is 0 Å². The van der Waals surface area contributed by atoms with E-state index in [1.54, 1.807) is 0 Å². The maximum atomic E-state index is 13.1. The smallest absolute Gasteiger partial charge is 0.376 e. The van der Waals surface area contributed by atoms with Crippen LogP contribution in [0.4, 0.5) is 8.78 Å². The minimum absolute atomic E-state index is 0.00998. The van der Waals surface area contributed by atoms with Crippen molar-refractivity contribution in [2.75, 3.05) is 6.61 Å². The van der Waals surface area contributed by atoms with Crippen LogP contribution in [0.15, 0.2) is 0 Å². The van der Waals surface area contributed by atoms with Gasteiger partial charge >= 0.3 is 11.9 Å². The summed E-state index contributed by atoms with van der Waals surface area (Å²) in [5.74, 6) is -4.76. The fraction of sp³-hybridized carbons (Fsp3) is 0.900. The van der Waals surface area contributed by atoms with Gasteiger partial charge in [-0.1, -0.05) is 20.8 Å². The zero-order valence-corrected chi connectivity index (χ0v) is 9.19. The topological polar surface area (TPSA) is 26.3 Å². The second-order valence-electron chi connectivity index (χ2n) is 4.49. The van der Waals surface area contributed by atoms with Gasteiger partial charge in [0, 0.05) is 6.42 Å². The highest BCUT2D eigenvalue weighted by molar-refractivity contribution is 5.77. The molecule has 0 amide bonds. The van der Waals surface area contributed by atoms with E-state index in [4.69, 9.17) is 0 Å². The zero-order chi connectivity index (χ0) is 11.4. The molecular formula is C10H18F2O2. The van der Waals surface area contributed by atoms with Crippen LogP contribution in [0.2, 0.25) is 0 Å². The molecule has 0 saturated carbocycles. The van der Waals surface area contributed by atoms with Crippen molar-refractivity contribution in [3.63, 3.8) is 0 Å². The highest BCUT2D eigenvalue weighted by atomic mass is 19.3. The fourth-order valence-electron chi connectivity index (χ4n) is 0.871. The predicted octanol–water partition coefficient (Wildman–Crippen LogP) is 3.01. The fourth-order valence-corrected chi connectivity index (χ4v) is 0.871. The van der Waals surface area contributed by atoms with Crippen LogP contribution in [-0.2, 0) is 9.53 Å². The Morgan fingerprint density at radius 1 is 1.21 bits per heavy atom. The zero-order valence-electron chi connectivity index (χ0n) is 9.19. The molecule has 0 bridgehead atoms. The summed E-state index contributed by atoms with van der Waals surface area (Å²) in [6, 6.07) is 0. The van der Waals surface area contributed by atoms with Gasteiger partial charge in [-0.25, -0.2) is 4.79 Å². The largest absolute Gasteiger partial charge is 0.462 e. The standard InChI is InChI=1S/C10H18F2O2/c1-5-14-8(13)10(11,12)7-6-9(2,3)4/h5-7H2,1-4H3. The highest BCUT2D eigenvalue weighted by Crippen LogP contribution is 2.29. The quantitative estimate of drug-likeness (QED) is 0.664. The molecule has 0 N–H and O–H groups in total. The third kappa shape index (κ3) is 5.14. The maximum Gasteiger partial charge on any atom is 0.376 e. The Balaban J connectivity index is 4.13. The van der Waals surface area contributed by atoms with E-state index in [1.807, 2.05) is 20.8 Å². The Hall–Kier alpha value is -0.670. The van der Waals surface area contributed by atoms with Crippen molar-refractivity contribution < 1.29 is 18.3 Å². The molecule has 0 atom stereocenters. The van der Waals surface area contributed by atoms with Crippen molar-refractivity contribution in [2.24, 2.45) is 5.41 Å². The number of esters is 1. The Morgan fingerprint density at radius 2 is 1.71 bits per heavy atom. The molecule has 0 heterocycles. The number of carbonyl (C=O) groups is 1. The van der Waals surface area contributed by atoms with Gasteiger partial charge in [-0.05, 0) is 18.8 Å². The maximum absolute atomic E-state index is 13.1. The molecule has 0 aromatic rings. The Labute approximate surface area is 83.6 Å². The molecule has 0 unspecified atom stereocenters. The van der Waals surface area contributed by atoms with Gasteiger partial charge in [-0.2, -0.15) is 8.78 Å². The Bertz CT molecular complexity index is 195. The van der Waals surface area contributed by atoms with Gasteiger partial charge in [0.05, 0.1) is 6.61 Å². The van der Waals surface area contributed by atoms with Crippen LogP contribution in [0.1, 0.15) is 40.5 Å². The summed E-state index contributed by atoms with van der Waals surface area (Å²) in [4.78, 5) is 10.8. The lowest BCUT2D eigenvalue weighted by Gasteiger charge is -2.21. The van der Waals surface area contributed by atoms with Crippen LogP contribution in [0.5, 0.6) is 0 Å². The van der Waals surface area contributed by atoms with Crippen molar-refractivity contribution in [1.29, 1.82) is 0 Å². The first kappa shape index (κ1) is 13.3. The summed E-state index contributed by atoms with van der Waals surface area (Å²) in [5.41, 5.74) is -0.198. The minimum Gasteiger partial charge on any atom is -0.462 e. The van der Waals surface area contributed by atoms with Gasteiger partial charge in [0.2, 0.25) is 0 Å². The highest BCUT2D eigenvalue weighted by Gasteiger charge is 2.40. The minimum atomic E-state index is -3.34. The molecule has 0 aromatic carbocycles. The van der Waals surface area contributed by atoms with Crippen LogP contribution in [-0.4, -0.2) is 18.5 Å². The van der Waals surface area contributed by atoms with Gasteiger partial charge in [-0.3, -0.25) is 0 Å². The number of carbonyl (C=O) groups excluding carboxylic acids is 1. The van der Waals surface area contributed by atoms with E-state index in [9.17, 15) is 13.6 Å². The number of ether oxygens (including phenoxy) is 1. The van der Waals surface area contributed by atoms with Crippen molar-refractivity contribution in [2.45, 2.75) is 46.5 Å². The lowest BCUT2D eigenvalue weighted by Crippen LogP contribution is -2.32. The molecule has 2 nitrogen and oxygen atoms in total. The average Bonchev–Trinajstić information content (AvgIpc) is 2.00. The Morgan fingerprint density at radius 3 is 2.07 bits per heavy atom. The molecule has 0 radical (unpaired) electrons. The van der Waals surface area contributed by atoms with Crippen LogP contribution in [0.3, 0.4) is 0 Å². The van der Waals surface area contributed by atoms with Crippen LogP contribution < -0.4 is 0 Å². The van der Waals surface area contributed by atoms with E-state index in [-0.39, 0.29) is 12.0 Å². The van der Waals surface area contributed by atoms with Crippen molar-refractivity contribution in [1.82, 2.24) is 0 Å². The molecule has 0 rings (SSSR count). The molecule has 4 heteroatoms. The molecule has 0 fully saturated rings. The molecule has 0 aliphatic heterocycles. The van der Waals surface area contributed by atoms with Gasteiger partial charge < -0.3 is 4.74 Å². The molecule has 0 aliphatic carbocycles. The first-order valence-corrected chi connectivity index (χ1v) is 4.74. The van der Waals surface area contributed by atoms with Crippen LogP contribution in [0.25, 0.3) is 0 Å². The van der Waals surface area contributed by atoms with Gasteiger partial charge in [0.15, 0.2) is 0 Å². The van der Waals surface area contributed by atoms with Crippen molar-refractivity contribution in [3.8, 4) is 0 Å². The van der Waals surface area contributed by atoms with Gasteiger partial charge in [-0.15, -0.1) is 0 Å². The second-order valence-corrected chi connectivity index (χ2v) is 4.49. The predicted molar refractivity (Wildman–Crippen MR) is 50.3 cm³/mol. The number of alkyl halides is 2. The van der Waals surface area contributed by atoms with E-state index < -0.39 is 18.3 Å². The van der Waals surface area contributed by atoms with Gasteiger partial charge in [0.1, 0.15) is 0 Å². The average molecular weight is 208 g/mol. The van der Waals surface area contributed by atoms with Crippen LogP contribution >= 0.6 is 0 Å². The summed E-state index contributed by atoms with van der Waals surface area (Å²) in [7, 11) is 0. The second kappa shape index (κ2) is 4.71. The molecule has 84 valence electrons. The van der Waals surface area contributed by atoms with Crippen molar-refractivity contribution >= 4 is 5.97 Å². The number of halogens is 2. The van der Waals surface area contributed by atoms with Crippen LogP contribution in [0, 0.1) is 5.41 Å². The third-order valence-electron chi connectivity index (χ3n) is 1.76. The molecule has 0 aliphatic rings. The third-order valence-corrected chi connectivity index (χ3v) is 1.76. The van der Waals surface area contributed by atoms with Gasteiger partial charge in [0.25, 0.3) is 0 Å². The lowest BCUT2D eigenvalue weighted by molar-refractivity contribution is -0.173. The van der Waals surface area contributed by atoms with E-state index in [2.05, 4.69) is 4.74 Å². The summed E-state index contributed by atoms with van der Waals surface area (Å²) in [6.45, 7) is 7.07. The first-order chi connectivity index (χ1) is 6.19. The number of hydrogen-bond acceptors (Lipinski definition) is 2. The number of rotatable bonds is 4. The summed E-state index contributed by atoms with van der Waals surface area (Å²) in [5, 5.41) is 0. The van der Waals surface area contributed by atoms with E-state index in [1.165, 1.54) is 6.92 Å². The molecule has 0 aromatic heterocycles. The summed E-state index contributed by atoms with van der Waals surface area (Å²) < 4.78 is 30.4.